The van der Waals surface area contributed by atoms with Gasteiger partial charge >= 0.3 is 0 Å². The van der Waals surface area contributed by atoms with Gasteiger partial charge in [0.05, 0.1) is 0 Å². The first-order chi connectivity index (χ1) is 8.22. The minimum Gasteiger partial charge on any atom is -0.369 e. The standard InChI is InChI=1S/C15H24N2/c1-12(2)17-10-8-14-11-13(5-4-9-16-3)6-7-15(14)17/h6-7,11-12,16H,4-5,8-10H2,1-3H3. The predicted molar refractivity (Wildman–Crippen MR) is 74.9 cm³/mol. The van der Waals surface area contributed by atoms with Crippen LogP contribution in [0.4, 0.5) is 5.69 Å². The Bertz CT molecular complexity index is 371. The molecule has 0 saturated carbocycles. The molecule has 2 nitrogen and oxygen atoms in total. The Morgan fingerprint density at radius 1 is 1.35 bits per heavy atom. The van der Waals surface area contributed by atoms with Crippen LogP contribution in [0.5, 0.6) is 0 Å². The average molecular weight is 232 g/mol. The van der Waals surface area contributed by atoms with Gasteiger partial charge in [-0.1, -0.05) is 12.1 Å². The molecule has 0 radical (unpaired) electrons. The number of anilines is 1. The molecule has 1 heterocycles. The Hall–Kier alpha value is -1.02. The summed E-state index contributed by atoms with van der Waals surface area (Å²) in [5.74, 6) is 0. The van der Waals surface area contributed by atoms with Crippen molar-refractivity contribution in [1.29, 1.82) is 0 Å². The van der Waals surface area contributed by atoms with Gasteiger partial charge < -0.3 is 10.2 Å². The maximum absolute atomic E-state index is 3.20. The van der Waals surface area contributed by atoms with Crippen LogP contribution in [0.3, 0.4) is 0 Å². The highest BCUT2D eigenvalue weighted by molar-refractivity contribution is 5.59. The molecule has 0 aromatic heterocycles. The third kappa shape index (κ3) is 2.81. The molecule has 0 amide bonds. The highest BCUT2D eigenvalue weighted by atomic mass is 15.2. The molecular formula is C15H24N2. The molecule has 0 saturated heterocycles. The van der Waals surface area contributed by atoms with E-state index in [2.05, 4.69) is 42.3 Å². The molecule has 1 aliphatic rings. The highest BCUT2D eigenvalue weighted by Crippen LogP contribution is 2.30. The third-order valence-electron chi connectivity index (χ3n) is 3.59. The van der Waals surface area contributed by atoms with E-state index in [1.807, 2.05) is 7.05 Å². The fourth-order valence-electron chi connectivity index (χ4n) is 2.64. The van der Waals surface area contributed by atoms with Crippen LogP contribution in [0.15, 0.2) is 18.2 Å². The van der Waals surface area contributed by atoms with Crippen LogP contribution in [0.25, 0.3) is 0 Å². The van der Waals surface area contributed by atoms with Crippen molar-refractivity contribution in [3.8, 4) is 0 Å². The lowest BCUT2D eigenvalue weighted by molar-refractivity contribution is 0.710. The molecule has 0 spiro atoms. The van der Waals surface area contributed by atoms with Crippen molar-refractivity contribution < 1.29 is 0 Å². The largest absolute Gasteiger partial charge is 0.369 e. The highest BCUT2D eigenvalue weighted by Gasteiger charge is 2.20. The Balaban J connectivity index is 2.06. The third-order valence-corrected chi connectivity index (χ3v) is 3.59. The van der Waals surface area contributed by atoms with E-state index in [1.54, 1.807) is 5.56 Å². The van der Waals surface area contributed by atoms with Crippen LogP contribution in [0.2, 0.25) is 0 Å². The van der Waals surface area contributed by atoms with Crippen molar-refractivity contribution in [2.24, 2.45) is 0 Å². The lowest BCUT2D eigenvalue weighted by Crippen LogP contribution is -2.28. The van der Waals surface area contributed by atoms with Gasteiger partial charge in [-0.25, -0.2) is 0 Å². The van der Waals surface area contributed by atoms with E-state index in [0.717, 1.165) is 6.54 Å². The van der Waals surface area contributed by atoms with Crippen LogP contribution in [-0.2, 0) is 12.8 Å². The molecule has 94 valence electrons. The van der Waals surface area contributed by atoms with Gasteiger partial charge in [0.25, 0.3) is 0 Å². The molecule has 17 heavy (non-hydrogen) atoms. The molecule has 0 aliphatic carbocycles. The van der Waals surface area contributed by atoms with Gasteiger partial charge in [-0.05, 0) is 63.9 Å². The second kappa shape index (κ2) is 5.54. The first-order valence-corrected chi connectivity index (χ1v) is 6.75. The molecule has 1 aromatic rings. The molecule has 0 atom stereocenters. The van der Waals surface area contributed by atoms with Crippen LogP contribution in [0.1, 0.15) is 31.4 Å². The zero-order chi connectivity index (χ0) is 12.3. The Morgan fingerprint density at radius 3 is 2.88 bits per heavy atom. The SMILES string of the molecule is CNCCCc1ccc2c(c1)CCN2C(C)C. The zero-order valence-electron chi connectivity index (χ0n) is 11.3. The summed E-state index contributed by atoms with van der Waals surface area (Å²) >= 11 is 0. The van der Waals surface area contributed by atoms with E-state index in [-0.39, 0.29) is 0 Å². The van der Waals surface area contributed by atoms with Crippen LogP contribution in [-0.4, -0.2) is 26.2 Å². The number of fused-ring (bicyclic) bond motifs is 1. The zero-order valence-corrected chi connectivity index (χ0v) is 11.3. The van der Waals surface area contributed by atoms with E-state index in [9.17, 15) is 0 Å². The summed E-state index contributed by atoms with van der Waals surface area (Å²) < 4.78 is 0. The van der Waals surface area contributed by atoms with Crippen LogP contribution in [0, 0.1) is 0 Å². The van der Waals surface area contributed by atoms with E-state index in [4.69, 9.17) is 0 Å². The molecule has 2 rings (SSSR count). The molecule has 1 aromatic carbocycles. The number of nitrogens with zero attached hydrogens (tertiary/aromatic N) is 1. The van der Waals surface area contributed by atoms with Crippen molar-refractivity contribution in [2.75, 3.05) is 25.0 Å². The summed E-state index contributed by atoms with van der Waals surface area (Å²) in [6, 6.07) is 7.64. The van der Waals surface area contributed by atoms with Gasteiger partial charge in [0.15, 0.2) is 0 Å². The molecule has 2 heteroatoms. The van der Waals surface area contributed by atoms with Crippen molar-refractivity contribution in [3.05, 3.63) is 29.3 Å². The van der Waals surface area contributed by atoms with Crippen LogP contribution >= 0.6 is 0 Å². The summed E-state index contributed by atoms with van der Waals surface area (Å²) in [5.41, 5.74) is 4.49. The van der Waals surface area contributed by atoms with Gasteiger partial charge in [0.1, 0.15) is 0 Å². The van der Waals surface area contributed by atoms with Crippen molar-refractivity contribution in [2.45, 2.75) is 39.2 Å². The summed E-state index contributed by atoms with van der Waals surface area (Å²) in [5, 5.41) is 3.20. The summed E-state index contributed by atoms with van der Waals surface area (Å²) in [6.45, 7) is 6.84. The van der Waals surface area contributed by atoms with Gasteiger partial charge in [0.2, 0.25) is 0 Å². The lowest BCUT2D eigenvalue weighted by atomic mass is 10.0. The molecule has 0 fully saturated rings. The fourth-order valence-corrected chi connectivity index (χ4v) is 2.64. The number of hydrogen-bond acceptors (Lipinski definition) is 2. The van der Waals surface area contributed by atoms with Crippen molar-refractivity contribution in [1.82, 2.24) is 5.32 Å². The topological polar surface area (TPSA) is 15.3 Å². The fraction of sp³-hybridized carbons (Fsp3) is 0.600. The number of rotatable bonds is 5. The minimum absolute atomic E-state index is 0.617. The maximum atomic E-state index is 3.20. The van der Waals surface area contributed by atoms with E-state index in [0.29, 0.717) is 6.04 Å². The van der Waals surface area contributed by atoms with Gasteiger partial charge in [-0.2, -0.15) is 0 Å². The molecule has 0 unspecified atom stereocenters. The Morgan fingerprint density at radius 2 is 2.18 bits per heavy atom. The number of hydrogen-bond donors (Lipinski definition) is 1. The summed E-state index contributed by atoms with van der Waals surface area (Å²) in [6.07, 6.45) is 3.63. The Kier molecular flexibility index (Phi) is 4.06. The van der Waals surface area contributed by atoms with Crippen molar-refractivity contribution in [3.63, 3.8) is 0 Å². The normalized spacial score (nSPS) is 14.5. The number of aryl methyl sites for hydroxylation is 1. The van der Waals surface area contributed by atoms with Crippen LogP contribution < -0.4 is 10.2 Å². The first kappa shape index (κ1) is 12.4. The van der Waals surface area contributed by atoms with Gasteiger partial charge in [-0.3, -0.25) is 0 Å². The number of benzene rings is 1. The molecule has 1 N–H and O–H groups in total. The van der Waals surface area contributed by atoms with Gasteiger partial charge in [-0.15, -0.1) is 0 Å². The number of nitrogens with one attached hydrogen (secondary N) is 1. The average Bonchev–Trinajstić information content (AvgIpc) is 2.72. The molecular weight excluding hydrogens is 208 g/mol. The molecule has 0 bridgehead atoms. The van der Waals surface area contributed by atoms with E-state index >= 15 is 0 Å². The maximum Gasteiger partial charge on any atom is 0.0402 e. The smallest absolute Gasteiger partial charge is 0.0402 e. The van der Waals surface area contributed by atoms with E-state index in [1.165, 1.54) is 37.1 Å². The Labute approximate surface area is 105 Å². The minimum atomic E-state index is 0.617. The summed E-state index contributed by atoms with van der Waals surface area (Å²) in [4.78, 5) is 2.51. The predicted octanol–water partition coefficient (Wildman–Crippen LogP) is 2.61. The van der Waals surface area contributed by atoms with Crippen molar-refractivity contribution >= 4 is 5.69 Å². The first-order valence-electron chi connectivity index (χ1n) is 6.75. The monoisotopic (exact) mass is 232 g/mol. The van der Waals surface area contributed by atoms with E-state index < -0.39 is 0 Å². The second-order valence-corrected chi connectivity index (χ2v) is 5.21. The molecule has 1 aliphatic heterocycles. The second-order valence-electron chi connectivity index (χ2n) is 5.21. The lowest BCUT2D eigenvalue weighted by Gasteiger charge is -2.24. The van der Waals surface area contributed by atoms with Gasteiger partial charge in [0, 0.05) is 18.3 Å². The quantitative estimate of drug-likeness (QED) is 0.785. The summed E-state index contributed by atoms with van der Waals surface area (Å²) in [7, 11) is 2.02.